The number of nitrogens with one attached hydrogen (secondary N) is 1. The Morgan fingerprint density at radius 2 is 1.84 bits per heavy atom. The van der Waals surface area contributed by atoms with Crippen LogP contribution in [0, 0.1) is 5.92 Å². The normalized spacial score (nSPS) is 16.0. The van der Waals surface area contributed by atoms with E-state index in [1.54, 1.807) is 7.11 Å². The standard InChI is InChI=1S/C21H31NO3/c1-25-15-14-22-21(24)19-11-7-8-17(16-19)12-13-20(23)18-9-5-3-2-4-6-10-18/h7-8,11,16,18H,2-6,9-10,12-15H2,1H3,(H,22,24). The summed E-state index contributed by atoms with van der Waals surface area (Å²) in [6, 6.07) is 7.59. The predicted molar refractivity (Wildman–Crippen MR) is 99.8 cm³/mol. The first-order valence-electron chi connectivity index (χ1n) is 9.59. The number of amides is 1. The van der Waals surface area contributed by atoms with E-state index in [1.807, 2.05) is 24.3 Å². The summed E-state index contributed by atoms with van der Waals surface area (Å²) >= 11 is 0. The molecule has 0 bridgehead atoms. The fourth-order valence-corrected chi connectivity index (χ4v) is 3.49. The minimum atomic E-state index is -0.0924. The average molecular weight is 345 g/mol. The molecule has 1 aliphatic carbocycles. The monoisotopic (exact) mass is 345 g/mol. The Hall–Kier alpha value is -1.68. The predicted octanol–water partition coefficient (Wildman–Crippen LogP) is 3.93. The van der Waals surface area contributed by atoms with E-state index in [1.165, 1.54) is 32.1 Å². The molecule has 0 aromatic heterocycles. The first-order chi connectivity index (χ1) is 12.2. The van der Waals surface area contributed by atoms with Crippen LogP contribution in [-0.4, -0.2) is 32.0 Å². The van der Waals surface area contributed by atoms with Crippen molar-refractivity contribution in [3.8, 4) is 0 Å². The maximum atomic E-state index is 12.5. The summed E-state index contributed by atoms with van der Waals surface area (Å²) < 4.78 is 4.94. The molecular formula is C21H31NO3. The summed E-state index contributed by atoms with van der Waals surface area (Å²) in [7, 11) is 1.61. The van der Waals surface area contributed by atoms with Crippen LogP contribution in [0.1, 0.15) is 67.3 Å². The van der Waals surface area contributed by atoms with E-state index >= 15 is 0 Å². The number of ether oxygens (including phenoxy) is 1. The summed E-state index contributed by atoms with van der Waals surface area (Å²) in [5.41, 5.74) is 1.70. The molecule has 2 rings (SSSR count). The Morgan fingerprint density at radius 1 is 1.12 bits per heavy atom. The summed E-state index contributed by atoms with van der Waals surface area (Å²) in [6.45, 7) is 1.00. The van der Waals surface area contributed by atoms with Crippen LogP contribution in [0.15, 0.2) is 24.3 Å². The Labute approximate surface area is 151 Å². The number of Topliss-reactive ketones (excluding diaryl/α,β-unsaturated/α-hetero) is 1. The fourth-order valence-electron chi connectivity index (χ4n) is 3.49. The van der Waals surface area contributed by atoms with Crippen LogP contribution >= 0.6 is 0 Å². The zero-order valence-corrected chi connectivity index (χ0v) is 15.4. The number of benzene rings is 1. The third-order valence-electron chi connectivity index (χ3n) is 5.00. The highest BCUT2D eigenvalue weighted by molar-refractivity contribution is 5.94. The SMILES string of the molecule is COCCNC(=O)c1cccc(CCC(=O)C2CCCCCCC2)c1. The van der Waals surface area contributed by atoms with Gasteiger partial charge in [-0.3, -0.25) is 9.59 Å². The van der Waals surface area contributed by atoms with Crippen molar-refractivity contribution in [2.45, 2.75) is 57.8 Å². The van der Waals surface area contributed by atoms with E-state index < -0.39 is 0 Å². The molecule has 1 amide bonds. The first-order valence-corrected chi connectivity index (χ1v) is 9.59. The molecule has 1 aliphatic rings. The summed E-state index contributed by atoms with van der Waals surface area (Å²) in [5.74, 6) is 0.558. The molecular weight excluding hydrogens is 314 g/mol. The van der Waals surface area contributed by atoms with Crippen LogP contribution in [0.3, 0.4) is 0 Å². The van der Waals surface area contributed by atoms with Gasteiger partial charge in [-0.1, -0.05) is 44.2 Å². The average Bonchev–Trinajstić information content (AvgIpc) is 2.60. The Bertz CT molecular complexity index is 548. The van der Waals surface area contributed by atoms with Crippen LogP contribution < -0.4 is 5.32 Å². The van der Waals surface area contributed by atoms with Crippen molar-refractivity contribution in [3.05, 3.63) is 35.4 Å². The van der Waals surface area contributed by atoms with Crippen LogP contribution in [0.2, 0.25) is 0 Å². The zero-order chi connectivity index (χ0) is 17.9. The van der Waals surface area contributed by atoms with E-state index in [2.05, 4.69) is 5.32 Å². The number of hydrogen-bond donors (Lipinski definition) is 1. The fraction of sp³-hybridized carbons (Fsp3) is 0.619. The second-order valence-electron chi connectivity index (χ2n) is 6.96. The molecule has 0 unspecified atom stereocenters. The maximum absolute atomic E-state index is 12.5. The summed E-state index contributed by atoms with van der Waals surface area (Å²) in [6.07, 6.45) is 9.64. The molecule has 1 aromatic carbocycles. The van der Waals surface area contributed by atoms with Crippen LogP contribution in [0.25, 0.3) is 0 Å². The van der Waals surface area contributed by atoms with Crippen molar-refractivity contribution >= 4 is 11.7 Å². The van der Waals surface area contributed by atoms with E-state index in [4.69, 9.17) is 4.74 Å². The van der Waals surface area contributed by atoms with Crippen LogP contribution in [0.5, 0.6) is 0 Å². The van der Waals surface area contributed by atoms with E-state index in [9.17, 15) is 9.59 Å². The minimum Gasteiger partial charge on any atom is -0.383 e. The van der Waals surface area contributed by atoms with Gasteiger partial charge >= 0.3 is 0 Å². The molecule has 1 N–H and O–H groups in total. The van der Waals surface area contributed by atoms with E-state index in [0.29, 0.717) is 37.3 Å². The molecule has 4 nitrogen and oxygen atoms in total. The summed E-state index contributed by atoms with van der Waals surface area (Å²) in [4.78, 5) is 24.6. The smallest absolute Gasteiger partial charge is 0.251 e. The van der Waals surface area contributed by atoms with Gasteiger partial charge in [0.1, 0.15) is 5.78 Å². The van der Waals surface area contributed by atoms with Gasteiger partial charge in [-0.05, 0) is 37.0 Å². The molecule has 1 fully saturated rings. The topological polar surface area (TPSA) is 55.4 Å². The Morgan fingerprint density at radius 3 is 2.56 bits per heavy atom. The van der Waals surface area contributed by atoms with Crippen molar-refractivity contribution in [1.29, 1.82) is 0 Å². The number of aryl methyl sites for hydroxylation is 1. The molecule has 25 heavy (non-hydrogen) atoms. The van der Waals surface area contributed by atoms with Gasteiger partial charge < -0.3 is 10.1 Å². The lowest BCUT2D eigenvalue weighted by atomic mass is 9.86. The Balaban J connectivity index is 1.84. The highest BCUT2D eigenvalue weighted by atomic mass is 16.5. The molecule has 0 atom stereocenters. The number of ketones is 1. The largest absolute Gasteiger partial charge is 0.383 e. The second-order valence-corrected chi connectivity index (χ2v) is 6.96. The zero-order valence-electron chi connectivity index (χ0n) is 15.4. The number of rotatable bonds is 8. The lowest BCUT2D eigenvalue weighted by molar-refractivity contribution is -0.123. The molecule has 138 valence electrons. The Kier molecular flexibility index (Phi) is 8.67. The number of hydrogen-bond acceptors (Lipinski definition) is 3. The van der Waals surface area contributed by atoms with Crippen LogP contribution in [-0.2, 0) is 16.0 Å². The van der Waals surface area contributed by atoms with Crippen molar-refractivity contribution in [1.82, 2.24) is 5.32 Å². The highest BCUT2D eigenvalue weighted by Gasteiger charge is 2.19. The number of carbonyl (C=O) groups excluding carboxylic acids is 2. The quantitative estimate of drug-likeness (QED) is 0.727. The number of methoxy groups -OCH3 is 1. The van der Waals surface area contributed by atoms with Gasteiger partial charge in [0.05, 0.1) is 6.61 Å². The van der Waals surface area contributed by atoms with Crippen molar-refractivity contribution in [2.75, 3.05) is 20.3 Å². The van der Waals surface area contributed by atoms with Gasteiger partial charge in [-0.15, -0.1) is 0 Å². The van der Waals surface area contributed by atoms with Crippen molar-refractivity contribution < 1.29 is 14.3 Å². The lowest BCUT2D eigenvalue weighted by Gasteiger charge is -2.18. The molecule has 0 saturated heterocycles. The molecule has 0 aliphatic heterocycles. The molecule has 0 spiro atoms. The van der Waals surface area contributed by atoms with Gasteiger partial charge in [-0.25, -0.2) is 0 Å². The number of carbonyl (C=O) groups is 2. The molecule has 1 saturated carbocycles. The third kappa shape index (κ3) is 6.99. The maximum Gasteiger partial charge on any atom is 0.251 e. The molecule has 1 aromatic rings. The van der Waals surface area contributed by atoms with Crippen molar-refractivity contribution in [3.63, 3.8) is 0 Å². The summed E-state index contributed by atoms with van der Waals surface area (Å²) in [5, 5.41) is 2.83. The van der Waals surface area contributed by atoms with Gasteiger partial charge in [0.2, 0.25) is 0 Å². The second kappa shape index (κ2) is 11.0. The van der Waals surface area contributed by atoms with E-state index in [0.717, 1.165) is 18.4 Å². The minimum absolute atomic E-state index is 0.0924. The molecule has 4 heteroatoms. The van der Waals surface area contributed by atoms with Gasteiger partial charge in [0, 0.05) is 31.6 Å². The van der Waals surface area contributed by atoms with Gasteiger partial charge in [0.25, 0.3) is 5.91 Å². The molecule has 0 radical (unpaired) electrons. The first kappa shape index (κ1) is 19.6. The third-order valence-corrected chi connectivity index (χ3v) is 5.00. The lowest BCUT2D eigenvalue weighted by Crippen LogP contribution is -2.27. The van der Waals surface area contributed by atoms with Gasteiger partial charge in [-0.2, -0.15) is 0 Å². The molecule has 0 heterocycles. The van der Waals surface area contributed by atoms with Crippen LogP contribution in [0.4, 0.5) is 0 Å². The van der Waals surface area contributed by atoms with Crippen molar-refractivity contribution in [2.24, 2.45) is 5.92 Å². The highest BCUT2D eigenvalue weighted by Crippen LogP contribution is 2.24. The van der Waals surface area contributed by atoms with Gasteiger partial charge in [0.15, 0.2) is 0 Å². The van der Waals surface area contributed by atoms with E-state index in [-0.39, 0.29) is 11.8 Å².